The number of carbonyl (C=O) groups is 5. The fraction of sp³-hybridized carbons (Fsp3) is 0.769. The molecule has 1 fully saturated rings. The monoisotopic (exact) mass is 881 g/mol. The van der Waals surface area contributed by atoms with Crippen LogP contribution in [-0.4, -0.2) is 186 Å². The first-order valence-corrected chi connectivity index (χ1v) is 21.2. The molecule has 1 aliphatic rings. The average molecular weight is 882 g/mol. The predicted octanol–water partition coefficient (Wildman–Crippen LogP) is 2.91. The van der Waals surface area contributed by atoms with Crippen molar-refractivity contribution in [2.24, 2.45) is 0 Å². The molecule has 21 heteroatoms. The summed E-state index contributed by atoms with van der Waals surface area (Å²) >= 11 is 5.64. The molecular weight excluding hydrogens is 814 g/mol. The topological polar surface area (TPSA) is 229 Å². The predicted molar refractivity (Wildman–Crippen MR) is 220 cm³/mol. The van der Waals surface area contributed by atoms with Gasteiger partial charge in [-0.1, -0.05) is 18.9 Å². The number of piperidine rings is 1. The van der Waals surface area contributed by atoms with E-state index in [1.807, 2.05) is 0 Å². The van der Waals surface area contributed by atoms with Gasteiger partial charge in [-0.2, -0.15) is 0 Å². The van der Waals surface area contributed by atoms with Crippen LogP contribution in [0, 0.1) is 0 Å². The minimum absolute atomic E-state index is 0.0134. The molecule has 346 valence electrons. The standard InChI is InChI=1S/C39H68ClN5O15/c40-12-4-1-2-7-19-51-25-26-52-24-16-44-39(50)60-34-32-56-30-28-54-23-15-43-38(49)58-21-9-8-20-57-37(48)42-14-22-53-27-29-55-31-33-59-36(47)41-13-10-11-35(46)45-17-5-3-6-18-45/h8-11H,1-7,12-34H2,(H,41,47)(H,42,48)(H,43,49)(H,44,50)/b9-8-,11-10+. The van der Waals surface area contributed by atoms with Gasteiger partial charge in [0.25, 0.3) is 0 Å². The number of unbranched alkanes of at least 4 members (excludes halogenated alkanes) is 3. The van der Waals surface area contributed by atoms with Crippen LogP contribution in [0.25, 0.3) is 0 Å². The number of amides is 5. The van der Waals surface area contributed by atoms with Gasteiger partial charge in [-0.25, -0.2) is 19.2 Å². The third-order valence-corrected chi connectivity index (χ3v) is 8.10. The highest BCUT2D eigenvalue weighted by Crippen LogP contribution is 2.08. The van der Waals surface area contributed by atoms with Crippen molar-refractivity contribution in [1.82, 2.24) is 26.2 Å². The first-order chi connectivity index (χ1) is 29.4. The molecule has 0 aromatic heterocycles. The summed E-state index contributed by atoms with van der Waals surface area (Å²) in [4.78, 5) is 60.7. The van der Waals surface area contributed by atoms with Crippen LogP contribution in [0.2, 0.25) is 0 Å². The lowest BCUT2D eigenvalue weighted by Gasteiger charge is -2.25. The summed E-state index contributed by atoms with van der Waals surface area (Å²) in [6, 6.07) is 0. The second-order valence-electron chi connectivity index (χ2n) is 12.7. The number of rotatable bonds is 37. The molecule has 0 saturated carbocycles. The Hall–Kier alpha value is -3.92. The molecule has 0 radical (unpaired) electrons. The van der Waals surface area contributed by atoms with Crippen LogP contribution < -0.4 is 21.3 Å². The summed E-state index contributed by atoms with van der Waals surface area (Å²) in [5.41, 5.74) is 0. The van der Waals surface area contributed by atoms with E-state index in [9.17, 15) is 24.0 Å². The van der Waals surface area contributed by atoms with Crippen molar-refractivity contribution in [3.8, 4) is 0 Å². The third-order valence-electron chi connectivity index (χ3n) is 7.84. The number of hydrogen-bond donors (Lipinski definition) is 4. The summed E-state index contributed by atoms with van der Waals surface area (Å²) in [6.07, 6.45) is 11.2. The Bertz CT molecular complexity index is 1170. The van der Waals surface area contributed by atoms with Crippen molar-refractivity contribution in [3.63, 3.8) is 0 Å². The van der Waals surface area contributed by atoms with Gasteiger partial charge in [0.2, 0.25) is 5.91 Å². The minimum atomic E-state index is -0.630. The maximum absolute atomic E-state index is 12.0. The molecule has 60 heavy (non-hydrogen) atoms. The van der Waals surface area contributed by atoms with Crippen LogP contribution >= 0.6 is 11.6 Å². The van der Waals surface area contributed by atoms with Gasteiger partial charge in [0.1, 0.15) is 26.4 Å². The second-order valence-corrected chi connectivity index (χ2v) is 13.0. The molecule has 1 aliphatic heterocycles. The maximum atomic E-state index is 12.0. The van der Waals surface area contributed by atoms with Gasteiger partial charge in [-0.05, 0) is 44.3 Å². The normalized spacial score (nSPS) is 12.7. The largest absolute Gasteiger partial charge is 0.447 e. The van der Waals surface area contributed by atoms with Crippen molar-refractivity contribution in [3.05, 3.63) is 24.3 Å². The van der Waals surface area contributed by atoms with Crippen LogP contribution in [0.15, 0.2) is 24.3 Å². The molecule has 0 aromatic rings. The number of alkyl halides is 1. The van der Waals surface area contributed by atoms with Gasteiger partial charge in [0.05, 0.1) is 72.7 Å². The summed E-state index contributed by atoms with van der Waals surface area (Å²) in [5.74, 6) is 0.656. The molecule has 1 heterocycles. The maximum Gasteiger partial charge on any atom is 0.407 e. The zero-order valence-corrected chi connectivity index (χ0v) is 35.7. The summed E-state index contributed by atoms with van der Waals surface area (Å²) in [6.45, 7) is 6.73. The van der Waals surface area contributed by atoms with E-state index in [1.165, 1.54) is 18.2 Å². The Labute approximate surface area is 358 Å². The molecule has 20 nitrogen and oxygen atoms in total. The Balaban J connectivity index is 1.79. The number of likely N-dealkylation sites (tertiary alicyclic amines) is 1. The van der Waals surface area contributed by atoms with Crippen molar-refractivity contribution in [2.75, 3.05) is 151 Å². The number of carbonyl (C=O) groups excluding carboxylic acids is 5. The highest BCUT2D eigenvalue weighted by atomic mass is 35.5. The van der Waals surface area contributed by atoms with Gasteiger partial charge in [-0.3, -0.25) is 4.79 Å². The Morgan fingerprint density at radius 2 is 0.867 bits per heavy atom. The van der Waals surface area contributed by atoms with E-state index in [2.05, 4.69) is 21.3 Å². The van der Waals surface area contributed by atoms with Crippen molar-refractivity contribution in [1.29, 1.82) is 0 Å². The number of nitrogens with one attached hydrogen (secondary N) is 4. The number of hydrogen-bond acceptors (Lipinski definition) is 15. The quantitative estimate of drug-likeness (QED) is 0.0231. The van der Waals surface area contributed by atoms with Crippen LogP contribution in [0.3, 0.4) is 0 Å². The van der Waals surface area contributed by atoms with Crippen molar-refractivity contribution in [2.45, 2.75) is 44.9 Å². The number of ether oxygens (including phenoxy) is 10. The second kappa shape index (κ2) is 41.8. The molecule has 0 atom stereocenters. The fourth-order valence-corrected chi connectivity index (χ4v) is 4.98. The van der Waals surface area contributed by atoms with E-state index in [4.69, 9.17) is 59.0 Å². The molecule has 0 spiro atoms. The highest BCUT2D eigenvalue weighted by Gasteiger charge is 2.13. The van der Waals surface area contributed by atoms with Gasteiger partial charge in [0.15, 0.2) is 0 Å². The first-order valence-electron chi connectivity index (χ1n) is 20.7. The van der Waals surface area contributed by atoms with Crippen LogP contribution in [0.4, 0.5) is 19.2 Å². The molecule has 0 bridgehead atoms. The molecule has 0 aliphatic carbocycles. The number of halogens is 1. The smallest absolute Gasteiger partial charge is 0.407 e. The van der Waals surface area contributed by atoms with Gasteiger partial charge in [-0.15, -0.1) is 11.6 Å². The van der Waals surface area contributed by atoms with E-state index in [0.29, 0.717) is 52.1 Å². The molecular formula is C39H68ClN5O15. The summed E-state index contributed by atoms with van der Waals surface area (Å²) in [5, 5.41) is 10.2. The van der Waals surface area contributed by atoms with E-state index < -0.39 is 24.4 Å². The Kier molecular flexibility index (Phi) is 37.7. The number of alkyl carbamates (subject to hydrolysis) is 4. The summed E-state index contributed by atoms with van der Waals surface area (Å²) in [7, 11) is 0. The van der Waals surface area contributed by atoms with Gasteiger partial charge >= 0.3 is 24.4 Å². The molecule has 0 aromatic carbocycles. The Morgan fingerprint density at radius 1 is 0.450 bits per heavy atom. The van der Waals surface area contributed by atoms with Crippen LogP contribution in [-0.2, 0) is 52.2 Å². The van der Waals surface area contributed by atoms with Gasteiger partial charge in [0, 0.05) is 57.8 Å². The first kappa shape index (κ1) is 54.1. The van der Waals surface area contributed by atoms with Crippen molar-refractivity contribution >= 4 is 41.9 Å². The highest BCUT2D eigenvalue weighted by molar-refractivity contribution is 6.17. The lowest BCUT2D eigenvalue weighted by molar-refractivity contribution is -0.126. The van der Waals surface area contributed by atoms with Crippen LogP contribution in [0.5, 0.6) is 0 Å². The zero-order valence-electron chi connectivity index (χ0n) is 35.0. The fourth-order valence-electron chi connectivity index (χ4n) is 4.79. The van der Waals surface area contributed by atoms with Crippen molar-refractivity contribution < 1.29 is 71.3 Å². The van der Waals surface area contributed by atoms with E-state index in [-0.39, 0.29) is 91.6 Å². The lowest BCUT2D eigenvalue weighted by atomic mass is 10.1. The summed E-state index contributed by atoms with van der Waals surface area (Å²) < 4.78 is 52.3. The zero-order chi connectivity index (χ0) is 43.4. The Morgan fingerprint density at radius 3 is 1.37 bits per heavy atom. The van der Waals surface area contributed by atoms with Gasteiger partial charge < -0.3 is 73.5 Å². The molecule has 4 N–H and O–H groups in total. The molecule has 1 rings (SSSR count). The third kappa shape index (κ3) is 37.1. The van der Waals surface area contributed by atoms with E-state index in [0.717, 1.165) is 58.0 Å². The van der Waals surface area contributed by atoms with Crippen LogP contribution in [0.1, 0.15) is 44.9 Å². The average Bonchev–Trinajstić information content (AvgIpc) is 3.25. The molecule has 1 saturated heterocycles. The molecule has 5 amide bonds. The minimum Gasteiger partial charge on any atom is -0.447 e. The van der Waals surface area contributed by atoms with E-state index in [1.54, 1.807) is 11.0 Å². The SMILES string of the molecule is O=C(NCCOCCOCCOC(=O)NC/C=C/C(=O)N1CCCCC1)OC/C=C\COC(=O)NCCOCCOCCOC(=O)NCCOCCOCCCCCCCl. The lowest BCUT2D eigenvalue weighted by Crippen LogP contribution is -2.34. The molecule has 0 unspecified atom stereocenters. The number of nitrogens with zero attached hydrogens (tertiary/aromatic N) is 1. The van der Waals surface area contributed by atoms with E-state index >= 15 is 0 Å².